The Balaban J connectivity index is 1.90. The summed E-state index contributed by atoms with van der Waals surface area (Å²) < 4.78 is 34.2. The second-order valence-electron chi connectivity index (χ2n) is 6.40. The van der Waals surface area contributed by atoms with Crippen molar-refractivity contribution in [1.82, 2.24) is 8.87 Å². The van der Waals surface area contributed by atoms with Crippen molar-refractivity contribution in [3.8, 4) is 0 Å². The van der Waals surface area contributed by atoms with Crippen LogP contribution in [0.25, 0.3) is 0 Å². The van der Waals surface area contributed by atoms with Crippen molar-refractivity contribution in [1.29, 1.82) is 0 Å². The van der Waals surface area contributed by atoms with Gasteiger partial charge in [-0.25, -0.2) is 13.2 Å². The van der Waals surface area contributed by atoms with E-state index in [9.17, 15) is 18.3 Å². The molecule has 1 aromatic heterocycles. The number of rotatable bonds is 4. The van der Waals surface area contributed by atoms with Crippen molar-refractivity contribution >= 4 is 16.0 Å². The van der Waals surface area contributed by atoms with Crippen LogP contribution in [0.2, 0.25) is 0 Å². The van der Waals surface area contributed by atoms with Crippen LogP contribution < -0.4 is 0 Å². The molecule has 0 amide bonds. The number of hydrogen-bond acceptors (Lipinski definition) is 4. The number of aromatic nitrogens is 1. The maximum Gasteiger partial charge on any atom is 0.352 e. The minimum absolute atomic E-state index is 0.00185. The molecule has 0 aliphatic carbocycles. The zero-order chi connectivity index (χ0) is 16.7. The Bertz CT molecular complexity index is 703. The third-order valence-corrected chi connectivity index (χ3v) is 6.69. The third-order valence-electron chi connectivity index (χ3n) is 4.88. The van der Waals surface area contributed by atoms with E-state index in [2.05, 4.69) is 0 Å². The first kappa shape index (κ1) is 16.5. The molecule has 8 heteroatoms. The summed E-state index contributed by atoms with van der Waals surface area (Å²) in [7, 11) is -3.68. The molecule has 0 bridgehead atoms. The predicted molar refractivity (Wildman–Crippen MR) is 82.9 cm³/mol. The number of carbonyl (C=O) groups is 1. The fraction of sp³-hybridized carbons (Fsp3) is 0.667. The van der Waals surface area contributed by atoms with Gasteiger partial charge in [0.15, 0.2) is 0 Å². The number of sulfonamides is 1. The molecule has 3 heterocycles. The first-order chi connectivity index (χ1) is 10.9. The van der Waals surface area contributed by atoms with E-state index in [1.807, 2.05) is 0 Å². The molecule has 2 saturated heterocycles. The van der Waals surface area contributed by atoms with Gasteiger partial charge in [-0.3, -0.25) is 0 Å². The Kier molecular flexibility index (Phi) is 4.24. The second kappa shape index (κ2) is 5.92. The molecule has 0 saturated carbocycles. The standard InChI is InChI=1S/C15H22N2O5S/c1-2-16-9-12(8-13(16)14(18)19)23(20,21)17-6-3-4-15(10-17)5-7-22-11-15/h8-9H,2-7,10-11H2,1H3,(H,18,19). The molecule has 23 heavy (non-hydrogen) atoms. The van der Waals surface area contributed by atoms with Gasteiger partial charge in [0.2, 0.25) is 10.0 Å². The average molecular weight is 342 g/mol. The molecule has 0 radical (unpaired) electrons. The highest BCUT2D eigenvalue weighted by atomic mass is 32.2. The highest BCUT2D eigenvalue weighted by Crippen LogP contribution is 2.39. The average Bonchev–Trinajstić information content (AvgIpc) is 3.14. The molecular weight excluding hydrogens is 320 g/mol. The zero-order valence-electron chi connectivity index (χ0n) is 13.2. The van der Waals surface area contributed by atoms with E-state index in [0.29, 0.717) is 32.8 Å². The normalized spacial score (nSPS) is 26.0. The summed E-state index contributed by atoms with van der Waals surface area (Å²) in [5.41, 5.74) is -0.0733. The summed E-state index contributed by atoms with van der Waals surface area (Å²) in [5, 5.41) is 9.21. The van der Waals surface area contributed by atoms with Crippen molar-refractivity contribution in [2.24, 2.45) is 5.41 Å². The first-order valence-corrected chi connectivity index (χ1v) is 9.33. The molecule has 1 unspecified atom stereocenters. The van der Waals surface area contributed by atoms with E-state index in [0.717, 1.165) is 19.3 Å². The van der Waals surface area contributed by atoms with Crippen LogP contribution in [0.1, 0.15) is 36.7 Å². The molecule has 3 rings (SSSR count). The van der Waals surface area contributed by atoms with E-state index >= 15 is 0 Å². The summed E-state index contributed by atoms with van der Waals surface area (Å²) in [6, 6.07) is 1.26. The highest BCUT2D eigenvalue weighted by molar-refractivity contribution is 7.89. The van der Waals surface area contributed by atoms with Crippen LogP contribution in [0.5, 0.6) is 0 Å². The molecule has 1 atom stereocenters. The Morgan fingerprint density at radius 2 is 2.22 bits per heavy atom. The lowest BCUT2D eigenvalue weighted by atomic mass is 9.80. The molecule has 0 aromatic carbocycles. The van der Waals surface area contributed by atoms with Gasteiger partial charge in [0.1, 0.15) is 10.6 Å². The maximum absolute atomic E-state index is 12.9. The second-order valence-corrected chi connectivity index (χ2v) is 8.33. The molecule has 1 N–H and O–H groups in total. The van der Waals surface area contributed by atoms with Crippen molar-refractivity contribution in [3.05, 3.63) is 18.0 Å². The Morgan fingerprint density at radius 3 is 2.78 bits per heavy atom. The number of carboxylic acids is 1. The number of hydrogen-bond donors (Lipinski definition) is 1. The molecule has 1 spiro atoms. The minimum atomic E-state index is -3.68. The SMILES string of the molecule is CCn1cc(S(=O)(=O)N2CCCC3(CCOC3)C2)cc1C(=O)O. The minimum Gasteiger partial charge on any atom is -0.477 e. The fourth-order valence-corrected chi connectivity index (χ4v) is 5.19. The predicted octanol–water partition coefficient (Wildman–Crippen LogP) is 1.40. The number of piperidine rings is 1. The molecule has 1 aromatic rings. The van der Waals surface area contributed by atoms with E-state index in [1.165, 1.54) is 21.1 Å². The highest BCUT2D eigenvalue weighted by Gasteiger charge is 2.42. The van der Waals surface area contributed by atoms with Crippen LogP contribution >= 0.6 is 0 Å². The van der Waals surface area contributed by atoms with E-state index in [-0.39, 0.29) is 16.0 Å². The summed E-state index contributed by atoms with van der Waals surface area (Å²) in [4.78, 5) is 11.3. The first-order valence-electron chi connectivity index (χ1n) is 7.89. The number of ether oxygens (including phenoxy) is 1. The van der Waals surface area contributed by atoms with E-state index in [4.69, 9.17) is 4.74 Å². The number of aryl methyl sites for hydroxylation is 1. The van der Waals surface area contributed by atoms with Gasteiger partial charge in [0.05, 0.1) is 6.61 Å². The quantitative estimate of drug-likeness (QED) is 0.893. The van der Waals surface area contributed by atoms with Crippen LogP contribution in [-0.4, -0.2) is 54.7 Å². The number of aromatic carboxylic acids is 1. The number of carboxylic acid groups (broad SMARTS) is 1. The van der Waals surface area contributed by atoms with Crippen LogP contribution in [-0.2, 0) is 21.3 Å². The van der Waals surface area contributed by atoms with E-state index < -0.39 is 16.0 Å². The summed E-state index contributed by atoms with van der Waals surface area (Å²) in [6.45, 7) is 4.42. The lowest BCUT2D eigenvalue weighted by Crippen LogP contribution is -2.46. The maximum atomic E-state index is 12.9. The largest absolute Gasteiger partial charge is 0.477 e. The lowest BCUT2D eigenvalue weighted by molar-refractivity contribution is 0.0685. The fourth-order valence-electron chi connectivity index (χ4n) is 3.55. The van der Waals surface area contributed by atoms with Gasteiger partial charge in [-0.1, -0.05) is 0 Å². The van der Waals surface area contributed by atoms with Gasteiger partial charge in [-0.2, -0.15) is 4.31 Å². The molecular formula is C15H22N2O5S. The van der Waals surface area contributed by atoms with Gasteiger partial charge in [-0.15, -0.1) is 0 Å². The van der Waals surface area contributed by atoms with Gasteiger partial charge in [-0.05, 0) is 32.3 Å². The van der Waals surface area contributed by atoms with Crippen molar-refractivity contribution in [3.63, 3.8) is 0 Å². The smallest absolute Gasteiger partial charge is 0.352 e. The Hall–Kier alpha value is -1.38. The Morgan fingerprint density at radius 1 is 1.43 bits per heavy atom. The summed E-state index contributed by atoms with van der Waals surface area (Å²) in [5.74, 6) is -1.12. The monoisotopic (exact) mass is 342 g/mol. The molecule has 7 nitrogen and oxygen atoms in total. The Labute approximate surface area is 135 Å². The van der Waals surface area contributed by atoms with Crippen LogP contribution in [0, 0.1) is 5.41 Å². The van der Waals surface area contributed by atoms with E-state index in [1.54, 1.807) is 6.92 Å². The zero-order valence-corrected chi connectivity index (χ0v) is 14.0. The molecule has 2 fully saturated rings. The topological polar surface area (TPSA) is 88.8 Å². The summed E-state index contributed by atoms with van der Waals surface area (Å²) in [6.07, 6.45) is 4.10. The lowest BCUT2D eigenvalue weighted by Gasteiger charge is -2.38. The van der Waals surface area contributed by atoms with Crippen LogP contribution in [0.15, 0.2) is 17.2 Å². The summed E-state index contributed by atoms with van der Waals surface area (Å²) >= 11 is 0. The number of nitrogens with zero attached hydrogens (tertiary/aromatic N) is 2. The van der Waals surface area contributed by atoms with Crippen molar-refractivity contribution in [2.45, 2.75) is 37.6 Å². The van der Waals surface area contributed by atoms with Crippen molar-refractivity contribution < 1.29 is 23.1 Å². The third kappa shape index (κ3) is 2.90. The van der Waals surface area contributed by atoms with Gasteiger partial charge in [0, 0.05) is 37.9 Å². The van der Waals surface area contributed by atoms with Crippen molar-refractivity contribution in [2.75, 3.05) is 26.3 Å². The molecule has 128 valence electrons. The van der Waals surface area contributed by atoms with Crippen LogP contribution in [0.3, 0.4) is 0 Å². The molecule has 2 aliphatic heterocycles. The van der Waals surface area contributed by atoms with Gasteiger partial charge >= 0.3 is 5.97 Å². The van der Waals surface area contributed by atoms with Crippen LogP contribution in [0.4, 0.5) is 0 Å². The van der Waals surface area contributed by atoms with Gasteiger partial charge in [0.25, 0.3) is 0 Å². The van der Waals surface area contributed by atoms with Gasteiger partial charge < -0.3 is 14.4 Å². The molecule has 2 aliphatic rings.